The molecule has 4 heteroatoms. The number of methoxy groups -OCH3 is 3. The summed E-state index contributed by atoms with van der Waals surface area (Å²) >= 11 is 0. The molecule has 0 heterocycles. The number of anilines is 2. The molecule has 0 amide bonds. The third kappa shape index (κ3) is 3.10. The van der Waals surface area contributed by atoms with Crippen molar-refractivity contribution < 1.29 is 14.2 Å². The molecule has 0 radical (unpaired) electrons. The molecule has 0 unspecified atom stereocenters. The Morgan fingerprint density at radius 2 is 1.37 bits per heavy atom. The average Bonchev–Trinajstić information content (AvgIpc) is 2.48. The van der Waals surface area contributed by atoms with Crippen LogP contribution in [0.2, 0.25) is 0 Å². The van der Waals surface area contributed by atoms with Crippen molar-refractivity contribution in [2.45, 2.75) is 0 Å². The van der Waals surface area contributed by atoms with Gasteiger partial charge in [0.2, 0.25) is 0 Å². The van der Waals surface area contributed by atoms with Gasteiger partial charge in [0.15, 0.2) is 0 Å². The molecule has 100 valence electrons. The molecule has 0 bridgehead atoms. The van der Waals surface area contributed by atoms with Gasteiger partial charge in [-0.1, -0.05) is 0 Å². The molecule has 4 nitrogen and oxygen atoms in total. The summed E-state index contributed by atoms with van der Waals surface area (Å²) in [5.41, 5.74) is 1.85. The van der Waals surface area contributed by atoms with Gasteiger partial charge < -0.3 is 19.5 Å². The van der Waals surface area contributed by atoms with E-state index in [0.717, 1.165) is 28.6 Å². The Morgan fingerprint density at radius 1 is 0.737 bits per heavy atom. The van der Waals surface area contributed by atoms with Gasteiger partial charge in [0.25, 0.3) is 0 Å². The summed E-state index contributed by atoms with van der Waals surface area (Å²) in [6, 6.07) is 13.3. The molecule has 2 aromatic carbocycles. The van der Waals surface area contributed by atoms with E-state index >= 15 is 0 Å². The highest BCUT2D eigenvalue weighted by Gasteiger charge is 2.05. The van der Waals surface area contributed by atoms with Gasteiger partial charge in [0.05, 0.1) is 27.0 Å². The topological polar surface area (TPSA) is 39.7 Å². The minimum Gasteiger partial charge on any atom is -0.497 e. The van der Waals surface area contributed by atoms with Crippen LogP contribution in [0.15, 0.2) is 42.5 Å². The maximum atomic E-state index is 5.34. The molecule has 0 fully saturated rings. The highest BCUT2D eigenvalue weighted by Crippen LogP contribution is 2.31. The van der Waals surface area contributed by atoms with Crippen LogP contribution in [0.3, 0.4) is 0 Å². The van der Waals surface area contributed by atoms with E-state index in [1.165, 1.54) is 0 Å². The van der Waals surface area contributed by atoms with Crippen molar-refractivity contribution in [3.8, 4) is 17.2 Å². The molecule has 1 N–H and O–H groups in total. The SMILES string of the molecule is COc1ccc(Nc2ccc(OC)cc2OC)cc1. The Hall–Kier alpha value is -2.36. The lowest BCUT2D eigenvalue weighted by Gasteiger charge is -2.12. The van der Waals surface area contributed by atoms with Crippen molar-refractivity contribution in [1.82, 2.24) is 0 Å². The fourth-order valence-corrected chi connectivity index (χ4v) is 1.73. The van der Waals surface area contributed by atoms with Crippen LogP contribution in [0.1, 0.15) is 0 Å². The van der Waals surface area contributed by atoms with E-state index < -0.39 is 0 Å². The number of hydrogen-bond acceptors (Lipinski definition) is 4. The quantitative estimate of drug-likeness (QED) is 0.892. The molecule has 0 aliphatic carbocycles. The predicted molar refractivity (Wildman–Crippen MR) is 75.8 cm³/mol. The van der Waals surface area contributed by atoms with Gasteiger partial charge in [0.1, 0.15) is 17.2 Å². The summed E-state index contributed by atoms with van der Waals surface area (Å²) < 4.78 is 15.6. The highest BCUT2D eigenvalue weighted by molar-refractivity contribution is 5.67. The van der Waals surface area contributed by atoms with Gasteiger partial charge >= 0.3 is 0 Å². The normalized spacial score (nSPS) is 9.84. The third-order valence-corrected chi connectivity index (χ3v) is 2.78. The van der Waals surface area contributed by atoms with Crippen molar-refractivity contribution in [2.75, 3.05) is 26.6 Å². The van der Waals surface area contributed by atoms with E-state index in [1.54, 1.807) is 21.3 Å². The lowest BCUT2D eigenvalue weighted by Crippen LogP contribution is -1.95. The molecule has 0 atom stereocenters. The minimum atomic E-state index is 0.732. The summed E-state index contributed by atoms with van der Waals surface area (Å²) in [6.45, 7) is 0. The van der Waals surface area contributed by atoms with E-state index in [0.29, 0.717) is 0 Å². The number of nitrogens with one attached hydrogen (secondary N) is 1. The van der Waals surface area contributed by atoms with E-state index in [2.05, 4.69) is 5.32 Å². The van der Waals surface area contributed by atoms with Crippen LogP contribution in [-0.2, 0) is 0 Å². The van der Waals surface area contributed by atoms with Crippen LogP contribution in [0.5, 0.6) is 17.2 Å². The minimum absolute atomic E-state index is 0.732. The third-order valence-electron chi connectivity index (χ3n) is 2.78. The Bertz CT molecular complexity index is 538. The first-order valence-electron chi connectivity index (χ1n) is 5.90. The summed E-state index contributed by atoms with van der Waals surface area (Å²) in [5.74, 6) is 2.32. The molecule has 2 aromatic rings. The monoisotopic (exact) mass is 259 g/mol. The number of hydrogen-bond donors (Lipinski definition) is 1. The lowest BCUT2D eigenvalue weighted by atomic mass is 10.2. The molecule has 0 aromatic heterocycles. The average molecular weight is 259 g/mol. The lowest BCUT2D eigenvalue weighted by molar-refractivity contribution is 0.395. The Kier molecular flexibility index (Phi) is 4.13. The second-order valence-electron chi connectivity index (χ2n) is 3.92. The van der Waals surface area contributed by atoms with Crippen molar-refractivity contribution >= 4 is 11.4 Å². The van der Waals surface area contributed by atoms with Crippen LogP contribution < -0.4 is 19.5 Å². The summed E-state index contributed by atoms with van der Waals surface area (Å²) in [7, 11) is 4.91. The molecule has 0 saturated heterocycles. The van der Waals surface area contributed by atoms with Crippen molar-refractivity contribution in [3.05, 3.63) is 42.5 Å². The second-order valence-corrected chi connectivity index (χ2v) is 3.92. The first-order chi connectivity index (χ1) is 9.26. The van der Waals surface area contributed by atoms with Crippen LogP contribution in [0.4, 0.5) is 11.4 Å². The molecule has 0 spiro atoms. The highest BCUT2D eigenvalue weighted by atomic mass is 16.5. The Morgan fingerprint density at radius 3 is 1.95 bits per heavy atom. The van der Waals surface area contributed by atoms with Gasteiger partial charge in [-0.15, -0.1) is 0 Å². The zero-order valence-corrected chi connectivity index (χ0v) is 11.3. The van der Waals surface area contributed by atoms with Gasteiger partial charge in [-0.25, -0.2) is 0 Å². The first kappa shape index (κ1) is 13.1. The maximum Gasteiger partial charge on any atom is 0.145 e. The number of benzene rings is 2. The standard InChI is InChI=1S/C15H17NO3/c1-17-12-6-4-11(5-7-12)16-14-9-8-13(18-2)10-15(14)19-3/h4-10,16H,1-3H3. The van der Waals surface area contributed by atoms with Crippen molar-refractivity contribution in [2.24, 2.45) is 0 Å². The van der Waals surface area contributed by atoms with Gasteiger partial charge in [-0.3, -0.25) is 0 Å². The largest absolute Gasteiger partial charge is 0.497 e. The van der Waals surface area contributed by atoms with E-state index in [9.17, 15) is 0 Å². The molecule has 0 aliphatic rings. The fourth-order valence-electron chi connectivity index (χ4n) is 1.73. The predicted octanol–water partition coefficient (Wildman–Crippen LogP) is 3.46. The van der Waals surface area contributed by atoms with E-state index in [1.807, 2.05) is 42.5 Å². The Labute approximate surface area is 112 Å². The first-order valence-corrected chi connectivity index (χ1v) is 5.90. The molecule has 2 rings (SSSR count). The van der Waals surface area contributed by atoms with Crippen molar-refractivity contribution in [1.29, 1.82) is 0 Å². The van der Waals surface area contributed by atoms with E-state index in [-0.39, 0.29) is 0 Å². The molecular formula is C15H17NO3. The van der Waals surface area contributed by atoms with E-state index in [4.69, 9.17) is 14.2 Å². The zero-order chi connectivity index (χ0) is 13.7. The summed E-state index contributed by atoms with van der Waals surface area (Å²) in [6.07, 6.45) is 0. The molecular weight excluding hydrogens is 242 g/mol. The number of ether oxygens (including phenoxy) is 3. The van der Waals surface area contributed by atoms with Gasteiger partial charge in [-0.2, -0.15) is 0 Å². The number of rotatable bonds is 5. The fraction of sp³-hybridized carbons (Fsp3) is 0.200. The second kappa shape index (κ2) is 6.00. The zero-order valence-electron chi connectivity index (χ0n) is 11.3. The molecule has 0 aliphatic heterocycles. The van der Waals surface area contributed by atoms with Crippen LogP contribution in [-0.4, -0.2) is 21.3 Å². The Balaban J connectivity index is 2.21. The molecule has 19 heavy (non-hydrogen) atoms. The van der Waals surface area contributed by atoms with Crippen LogP contribution in [0.25, 0.3) is 0 Å². The molecule has 0 saturated carbocycles. The summed E-state index contributed by atoms with van der Waals surface area (Å²) in [5, 5.41) is 3.29. The van der Waals surface area contributed by atoms with Gasteiger partial charge in [-0.05, 0) is 36.4 Å². The van der Waals surface area contributed by atoms with Crippen LogP contribution in [0, 0.1) is 0 Å². The van der Waals surface area contributed by atoms with Gasteiger partial charge in [0, 0.05) is 11.8 Å². The van der Waals surface area contributed by atoms with Crippen LogP contribution >= 0.6 is 0 Å². The summed E-state index contributed by atoms with van der Waals surface area (Å²) in [4.78, 5) is 0. The smallest absolute Gasteiger partial charge is 0.145 e. The maximum absolute atomic E-state index is 5.34. The van der Waals surface area contributed by atoms with Crippen molar-refractivity contribution in [3.63, 3.8) is 0 Å².